The Morgan fingerprint density at radius 1 is 1.10 bits per heavy atom. The second-order valence-electron chi connectivity index (χ2n) is 7.34. The van der Waals surface area contributed by atoms with Gasteiger partial charge in [-0.3, -0.25) is 0 Å². The molecule has 1 saturated heterocycles. The molecular weight excluding hydrogens is 425 g/mol. The van der Waals surface area contributed by atoms with Gasteiger partial charge in [0.1, 0.15) is 5.75 Å². The highest BCUT2D eigenvalue weighted by molar-refractivity contribution is 8.00. The molecule has 4 nitrogen and oxygen atoms in total. The van der Waals surface area contributed by atoms with Crippen molar-refractivity contribution in [1.29, 1.82) is 0 Å². The van der Waals surface area contributed by atoms with Gasteiger partial charge in [-0.25, -0.2) is 0 Å². The molecule has 0 atom stereocenters. The van der Waals surface area contributed by atoms with Gasteiger partial charge in [0.25, 0.3) is 0 Å². The zero-order valence-electron chi connectivity index (χ0n) is 16.1. The fourth-order valence-electron chi connectivity index (χ4n) is 3.73. The van der Waals surface area contributed by atoms with Crippen molar-refractivity contribution >= 4 is 51.7 Å². The maximum Gasteiger partial charge on any atom is 0.120 e. The highest BCUT2D eigenvalue weighted by atomic mass is 35.5. The number of benzene rings is 2. The van der Waals surface area contributed by atoms with Gasteiger partial charge in [-0.05, 0) is 87.0 Å². The van der Waals surface area contributed by atoms with Crippen LogP contribution in [0.5, 0.6) is 5.75 Å². The molecule has 1 aromatic heterocycles. The third kappa shape index (κ3) is 5.34. The van der Waals surface area contributed by atoms with Crippen LogP contribution in [-0.4, -0.2) is 24.7 Å². The molecule has 0 amide bonds. The number of fused-ring (bicyclic) bond motifs is 1. The van der Waals surface area contributed by atoms with Crippen LogP contribution in [0.15, 0.2) is 47.5 Å². The van der Waals surface area contributed by atoms with Crippen molar-refractivity contribution in [3.63, 3.8) is 0 Å². The predicted molar refractivity (Wildman–Crippen MR) is 125 cm³/mol. The van der Waals surface area contributed by atoms with Crippen molar-refractivity contribution in [2.75, 3.05) is 24.4 Å². The minimum Gasteiger partial charge on any atom is -0.494 e. The molecule has 0 spiro atoms. The number of ether oxygens (including phenoxy) is 1. The van der Waals surface area contributed by atoms with Crippen molar-refractivity contribution in [3.05, 3.63) is 52.6 Å². The summed E-state index contributed by atoms with van der Waals surface area (Å²) in [5.41, 5.74) is 1.84. The lowest BCUT2D eigenvalue weighted by Gasteiger charge is -2.22. The van der Waals surface area contributed by atoms with Gasteiger partial charge in [-0.15, -0.1) is 0 Å². The Balaban J connectivity index is 1.30. The number of piperidine rings is 1. The number of halogens is 2. The molecule has 1 aliphatic rings. The normalized spacial score (nSPS) is 15.0. The summed E-state index contributed by atoms with van der Waals surface area (Å²) in [6.07, 6.45) is 6.70. The van der Waals surface area contributed by atoms with Gasteiger partial charge < -0.3 is 19.8 Å². The number of rotatable bonds is 8. The van der Waals surface area contributed by atoms with E-state index in [1.807, 2.05) is 24.3 Å². The summed E-state index contributed by atoms with van der Waals surface area (Å²) in [5, 5.41) is 5.52. The van der Waals surface area contributed by atoms with Gasteiger partial charge in [-0.1, -0.05) is 29.3 Å². The highest BCUT2D eigenvalue weighted by Gasteiger charge is 2.13. The van der Waals surface area contributed by atoms with Crippen molar-refractivity contribution in [1.82, 2.24) is 10.3 Å². The van der Waals surface area contributed by atoms with E-state index >= 15 is 0 Å². The highest BCUT2D eigenvalue weighted by Crippen LogP contribution is 2.36. The Kier molecular flexibility index (Phi) is 7.14. The summed E-state index contributed by atoms with van der Waals surface area (Å²) in [6, 6.07) is 12.0. The van der Waals surface area contributed by atoms with Gasteiger partial charge in [0.05, 0.1) is 27.9 Å². The lowest BCUT2D eigenvalue weighted by molar-refractivity contribution is 0.273. The summed E-state index contributed by atoms with van der Waals surface area (Å²) in [4.78, 5) is 4.27. The quantitative estimate of drug-likeness (QED) is 0.262. The molecule has 3 aromatic rings. The van der Waals surface area contributed by atoms with Crippen LogP contribution in [-0.2, 0) is 0 Å². The van der Waals surface area contributed by atoms with Crippen LogP contribution >= 0.6 is 35.1 Å². The van der Waals surface area contributed by atoms with Crippen LogP contribution in [0.2, 0.25) is 10.0 Å². The van der Waals surface area contributed by atoms with E-state index in [1.165, 1.54) is 31.2 Å². The summed E-state index contributed by atoms with van der Waals surface area (Å²) < 4.78 is 9.37. The number of H-pyrrole nitrogens is 1. The van der Waals surface area contributed by atoms with E-state index in [4.69, 9.17) is 27.9 Å². The number of aromatic nitrogens is 1. The zero-order valence-corrected chi connectivity index (χ0v) is 18.5. The molecule has 2 aromatic carbocycles. The Morgan fingerprint density at radius 3 is 2.83 bits per heavy atom. The molecule has 154 valence electrons. The summed E-state index contributed by atoms with van der Waals surface area (Å²) in [6.45, 7) is 3.09. The van der Waals surface area contributed by atoms with Gasteiger partial charge >= 0.3 is 0 Å². The largest absolute Gasteiger partial charge is 0.494 e. The van der Waals surface area contributed by atoms with Gasteiger partial charge in [0.15, 0.2) is 0 Å². The third-order valence-electron chi connectivity index (χ3n) is 5.31. The van der Waals surface area contributed by atoms with Crippen LogP contribution in [0.4, 0.5) is 5.69 Å². The Bertz CT molecular complexity index is 956. The van der Waals surface area contributed by atoms with E-state index in [1.54, 1.807) is 6.20 Å². The van der Waals surface area contributed by atoms with Gasteiger partial charge in [-0.2, -0.15) is 0 Å². The molecule has 3 N–H and O–H groups in total. The van der Waals surface area contributed by atoms with Crippen molar-refractivity contribution in [2.45, 2.75) is 30.6 Å². The van der Waals surface area contributed by atoms with E-state index < -0.39 is 0 Å². The summed E-state index contributed by atoms with van der Waals surface area (Å²) in [7, 11) is 0. The van der Waals surface area contributed by atoms with Crippen molar-refractivity contribution < 1.29 is 4.74 Å². The Hall–Kier alpha value is -1.53. The molecule has 0 saturated carbocycles. The first-order valence-electron chi connectivity index (χ1n) is 10.0. The average molecular weight is 450 g/mol. The second-order valence-corrected chi connectivity index (χ2v) is 9.04. The van der Waals surface area contributed by atoms with Crippen LogP contribution in [0.25, 0.3) is 10.9 Å². The molecule has 4 rings (SSSR count). The fraction of sp³-hybridized carbons (Fsp3) is 0.364. The third-order valence-corrected chi connectivity index (χ3v) is 6.73. The predicted octanol–water partition coefficient (Wildman–Crippen LogP) is 6.75. The first-order chi connectivity index (χ1) is 14.2. The van der Waals surface area contributed by atoms with E-state index in [9.17, 15) is 0 Å². The average Bonchev–Trinajstić information content (AvgIpc) is 3.15. The molecule has 29 heavy (non-hydrogen) atoms. The smallest absolute Gasteiger partial charge is 0.120 e. The van der Waals surface area contributed by atoms with Crippen LogP contribution in [0.1, 0.15) is 25.7 Å². The molecule has 0 bridgehead atoms. The van der Waals surface area contributed by atoms with Crippen LogP contribution in [0, 0.1) is 5.92 Å². The maximum absolute atomic E-state index is 6.26. The van der Waals surface area contributed by atoms with E-state index in [0.717, 1.165) is 59.3 Å². The van der Waals surface area contributed by atoms with Gasteiger partial charge in [0, 0.05) is 16.5 Å². The number of hydrogen-bond donors (Lipinski definition) is 3. The molecular formula is C22H25Cl2N3OS. The second kappa shape index (κ2) is 9.98. The molecule has 7 heteroatoms. The summed E-state index contributed by atoms with van der Waals surface area (Å²) in [5.74, 6) is 1.76. The van der Waals surface area contributed by atoms with Crippen LogP contribution in [0.3, 0.4) is 0 Å². The molecule has 2 heterocycles. The zero-order chi connectivity index (χ0) is 20.1. The van der Waals surface area contributed by atoms with Gasteiger partial charge in [0.2, 0.25) is 0 Å². The van der Waals surface area contributed by atoms with E-state index in [0.29, 0.717) is 10.0 Å². The first kappa shape index (κ1) is 20.7. The fourth-order valence-corrected chi connectivity index (χ4v) is 5.01. The molecule has 0 unspecified atom stereocenters. The monoisotopic (exact) mass is 449 g/mol. The standard InChI is InChI=1S/C22H25Cl2N3OS/c23-18-6-7-20(22-21(18)19(24)14-26-22)27-29-17-5-1-4-16(13-17)28-12-2-3-15-8-10-25-11-9-15/h1,4-7,13-15,25-27H,2-3,8-12H2. The Labute approximate surface area is 185 Å². The SMILES string of the molecule is Clc1ccc(NSc2cccc(OCCCC3CCNCC3)c2)c2[nH]cc(Cl)c12. The molecule has 0 radical (unpaired) electrons. The number of nitrogens with one attached hydrogen (secondary N) is 3. The summed E-state index contributed by atoms with van der Waals surface area (Å²) >= 11 is 14.0. The number of anilines is 1. The van der Waals surface area contributed by atoms with Crippen molar-refractivity contribution in [2.24, 2.45) is 5.92 Å². The molecule has 0 aliphatic carbocycles. The topological polar surface area (TPSA) is 49.1 Å². The van der Waals surface area contributed by atoms with Crippen molar-refractivity contribution in [3.8, 4) is 5.75 Å². The lowest BCUT2D eigenvalue weighted by Crippen LogP contribution is -2.27. The maximum atomic E-state index is 6.26. The number of hydrogen-bond acceptors (Lipinski definition) is 4. The van der Waals surface area contributed by atoms with E-state index in [2.05, 4.69) is 27.2 Å². The number of aromatic amines is 1. The minimum atomic E-state index is 0.624. The first-order valence-corrected chi connectivity index (χ1v) is 11.6. The van der Waals surface area contributed by atoms with E-state index in [-0.39, 0.29) is 0 Å². The van der Waals surface area contributed by atoms with Crippen LogP contribution < -0.4 is 14.8 Å². The lowest BCUT2D eigenvalue weighted by atomic mass is 9.93. The Morgan fingerprint density at radius 2 is 1.97 bits per heavy atom. The molecule has 1 fully saturated rings. The molecule has 1 aliphatic heterocycles. The minimum absolute atomic E-state index is 0.624.